The lowest BCUT2D eigenvalue weighted by molar-refractivity contribution is 0.0659. The second kappa shape index (κ2) is 6.64. The first kappa shape index (κ1) is 16.5. The average molecular weight is 330 g/mol. The molecule has 0 heterocycles. The van der Waals surface area contributed by atoms with Crippen molar-refractivity contribution in [1.82, 2.24) is 4.90 Å². The molecule has 0 fully saturated rings. The molecule has 1 unspecified atom stereocenters. The predicted octanol–water partition coefficient (Wildman–Crippen LogP) is 4.02. The van der Waals surface area contributed by atoms with Crippen LogP contribution in [0.15, 0.2) is 42.5 Å². The van der Waals surface area contributed by atoms with Crippen LogP contribution in [-0.4, -0.2) is 30.6 Å². The van der Waals surface area contributed by atoms with Gasteiger partial charge in [-0.15, -0.1) is 0 Å². The smallest absolute Gasteiger partial charge is 0.115 e. The van der Waals surface area contributed by atoms with Gasteiger partial charge in [0.25, 0.3) is 0 Å². The molecule has 0 spiro atoms. The molecule has 0 aliphatic heterocycles. The number of aryl methyl sites for hydroxylation is 2. The van der Waals surface area contributed by atoms with Crippen LogP contribution in [0.3, 0.4) is 0 Å². The van der Waals surface area contributed by atoms with Gasteiger partial charge in [-0.2, -0.15) is 0 Å². The molecule has 2 nitrogen and oxygen atoms in total. The van der Waals surface area contributed by atoms with Crippen LogP contribution in [0.25, 0.3) is 0 Å². The maximum atomic E-state index is 11.7. The van der Waals surface area contributed by atoms with Crippen molar-refractivity contribution in [3.63, 3.8) is 0 Å². The molecule has 0 aromatic heterocycles. The molecule has 0 bridgehead atoms. The van der Waals surface area contributed by atoms with E-state index in [0.29, 0.717) is 11.4 Å². The van der Waals surface area contributed by atoms with Gasteiger partial charge in [0, 0.05) is 5.02 Å². The third-order valence-corrected chi connectivity index (χ3v) is 5.02. The van der Waals surface area contributed by atoms with E-state index in [-0.39, 0.29) is 0 Å². The van der Waals surface area contributed by atoms with Gasteiger partial charge in [0.15, 0.2) is 0 Å². The average Bonchev–Trinajstić information content (AvgIpc) is 2.64. The zero-order valence-electron chi connectivity index (χ0n) is 13.8. The molecule has 1 atom stereocenters. The van der Waals surface area contributed by atoms with E-state index < -0.39 is 5.60 Å². The summed E-state index contributed by atoms with van der Waals surface area (Å²) in [5, 5.41) is 12.4. The Morgan fingerprint density at radius 3 is 2.48 bits per heavy atom. The van der Waals surface area contributed by atoms with Gasteiger partial charge in [-0.3, -0.25) is 0 Å². The van der Waals surface area contributed by atoms with Gasteiger partial charge in [-0.25, -0.2) is 0 Å². The van der Waals surface area contributed by atoms with Crippen LogP contribution in [0, 0.1) is 0 Å². The zero-order valence-corrected chi connectivity index (χ0v) is 14.6. The topological polar surface area (TPSA) is 23.5 Å². The molecule has 0 radical (unpaired) electrons. The van der Waals surface area contributed by atoms with Crippen LogP contribution in [0.2, 0.25) is 5.02 Å². The van der Waals surface area contributed by atoms with Gasteiger partial charge in [-0.05, 0) is 80.7 Å². The summed E-state index contributed by atoms with van der Waals surface area (Å²) in [5.41, 5.74) is 3.52. The van der Waals surface area contributed by atoms with Gasteiger partial charge in [-0.1, -0.05) is 41.9 Å². The summed E-state index contributed by atoms with van der Waals surface area (Å²) in [5.74, 6) is 0. The summed E-state index contributed by atoms with van der Waals surface area (Å²) in [6.45, 7) is 0.959. The van der Waals surface area contributed by atoms with Crippen molar-refractivity contribution in [3.8, 4) is 0 Å². The van der Waals surface area contributed by atoms with E-state index in [1.807, 2.05) is 18.2 Å². The van der Waals surface area contributed by atoms with Crippen molar-refractivity contribution < 1.29 is 5.11 Å². The lowest BCUT2D eigenvalue weighted by atomic mass is 9.80. The van der Waals surface area contributed by atoms with Crippen molar-refractivity contribution in [2.24, 2.45) is 0 Å². The van der Waals surface area contributed by atoms with Crippen molar-refractivity contribution in [2.75, 3.05) is 20.6 Å². The number of rotatable bonds is 4. The van der Waals surface area contributed by atoms with E-state index in [0.717, 1.165) is 36.9 Å². The Morgan fingerprint density at radius 1 is 1.04 bits per heavy atom. The summed E-state index contributed by atoms with van der Waals surface area (Å²) < 4.78 is 0. The molecule has 3 rings (SSSR count). The highest BCUT2D eigenvalue weighted by molar-refractivity contribution is 6.30. The minimum absolute atomic E-state index is 0.689. The quantitative estimate of drug-likeness (QED) is 0.916. The zero-order chi connectivity index (χ0) is 16.4. The molecule has 1 aliphatic rings. The Bertz CT molecular complexity index is 698. The van der Waals surface area contributed by atoms with Crippen LogP contribution in [0.4, 0.5) is 0 Å². The summed E-state index contributed by atoms with van der Waals surface area (Å²) in [6.07, 6.45) is 3.54. The van der Waals surface area contributed by atoms with Crippen LogP contribution in [-0.2, 0) is 18.4 Å². The summed E-state index contributed by atoms with van der Waals surface area (Å²) in [7, 11) is 4.13. The molecule has 2 aromatic rings. The van der Waals surface area contributed by atoms with E-state index in [4.69, 9.17) is 11.6 Å². The normalized spacial score (nSPS) is 20.0. The van der Waals surface area contributed by atoms with Crippen LogP contribution in [0.5, 0.6) is 0 Å². The number of aliphatic hydroxyl groups is 1. The van der Waals surface area contributed by atoms with Gasteiger partial charge < -0.3 is 10.0 Å². The predicted molar refractivity (Wildman–Crippen MR) is 96.1 cm³/mol. The Balaban J connectivity index is 2.09. The van der Waals surface area contributed by atoms with Gasteiger partial charge in [0.1, 0.15) is 5.60 Å². The molecule has 2 aromatic carbocycles. The van der Waals surface area contributed by atoms with Gasteiger partial charge in [0.2, 0.25) is 0 Å². The Hall–Kier alpha value is -1.35. The number of benzene rings is 2. The van der Waals surface area contributed by atoms with E-state index in [2.05, 4.69) is 43.3 Å². The lowest BCUT2D eigenvalue weighted by Gasteiger charge is -2.32. The molecule has 0 amide bonds. The van der Waals surface area contributed by atoms with Crippen molar-refractivity contribution in [2.45, 2.75) is 31.3 Å². The summed E-state index contributed by atoms with van der Waals surface area (Å²) in [6, 6.07) is 14.2. The minimum atomic E-state index is -0.955. The molecular weight excluding hydrogens is 306 g/mol. The fourth-order valence-electron chi connectivity index (χ4n) is 3.63. The van der Waals surface area contributed by atoms with Crippen molar-refractivity contribution in [1.29, 1.82) is 0 Å². The SMILES string of the molecule is CN(C)CCCC1(O)c2ccccc2CCc2ccc(Cl)cc21. The highest BCUT2D eigenvalue weighted by Gasteiger charge is 2.36. The van der Waals surface area contributed by atoms with Crippen LogP contribution < -0.4 is 0 Å². The number of hydrogen-bond acceptors (Lipinski definition) is 2. The molecule has 3 heteroatoms. The number of fused-ring (bicyclic) bond motifs is 2. The molecule has 1 N–H and O–H groups in total. The monoisotopic (exact) mass is 329 g/mol. The number of hydrogen-bond donors (Lipinski definition) is 1. The molecular formula is C20H24ClNO. The Kier molecular flexibility index (Phi) is 4.77. The third-order valence-electron chi connectivity index (χ3n) is 4.79. The largest absolute Gasteiger partial charge is 0.380 e. The van der Waals surface area contributed by atoms with Gasteiger partial charge >= 0.3 is 0 Å². The first-order valence-electron chi connectivity index (χ1n) is 8.25. The van der Waals surface area contributed by atoms with E-state index in [1.54, 1.807) is 0 Å². The minimum Gasteiger partial charge on any atom is -0.380 e. The second-order valence-corrected chi connectivity index (χ2v) is 7.16. The Morgan fingerprint density at radius 2 is 1.74 bits per heavy atom. The van der Waals surface area contributed by atoms with E-state index in [1.165, 1.54) is 11.1 Å². The van der Waals surface area contributed by atoms with Crippen molar-refractivity contribution in [3.05, 3.63) is 69.7 Å². The number of nitrogens with zero attached hydrogens (tertiary/aromatic N) is 1. The third kappa shape index (κ3) is 3.30. The first-order chi connectivity index (χ1) is 11.0. The molecule has 23 heavy (non-hydrogen) atoms. The van der Waals surface area contributed by atoms with E-state index >= 15 is 0 Å². The Labute approximate surface area is 143 Å². The van der Waals surface area contributed by atoms with Crippen molar-refractivity contribution >= 4 is 11.6 Å². The highest BCUT2D eigenvalue weighted by Crippen LogP contribution is 2.41. The first-order valence-corrected chi connectivity index (χ1v) is 8.63. The van der Waals surface area contributed by atoms with Gasteiger partial charge in [0.05, 0.1) is 0 Å². The summed E-state index contributed by atoms with van der Waals surface area (Å²) in [4.78, 5) is 2.16. The van der Waals surface area contributed by atoms with Crippen LogP contribution in [0.1, 0.15) is 35.1 Å². The molecule has 0 saturated carbocycles. The molecule has 122 valence electrons. The lowest BCUT2D eigenvalue weighted by Crippen LogP contribution is -2.30. The van der Waals surface area contributed by atoms with E-state index in [9.17, 15) is 5.11 Å². The fraction of sp³-hybridized carbons (Fsp3) is 0.400. The summed E-state index contributed by atoms with van der Waals surface area (Å²) >= 11 is 6.25. The highest BCUT2D eigenvalue weighted by atomic mass is 35.5. The van der Waals surface area contributed by atoms with Crippen LogP contribution >= 0.6 is 11.6 Å². The fourth-order valence-corrected chi connectivity index (χ4v) is 3.80. The number of halogens is 1. The molecule has 1 aliphatic carbocycles. The molecule has 0 saturated heterocycles. The maximum absolute atomic E-state index is 11.7. The second-order valence-electron chi connectivity index (χ2n) is 6.73. The maximum Gasteiger partial charge on any atom is 0.115 e. The standard InChI is InChI=1S/C20H24ClNO/c1-22(2)13-5-12-20(23)18-7-4-3-6-15(18)8-9-16-10-11-17(21)14-19(16)20/h3-4,6-7,10-11,14,23H,5,8-9,12-13H2,1-2H3.